The van der Waals surface area contributed by atoms with Crippen LogP contribution in [0.1, 0.15) is 5.56 Å². The van der Waals surface area contributed by atoms with Gasteiger partial charge in [-0.2, -0.15) is 11.8 Å². The van der Waals surface area contributed by atoms with Gasteiger partial charge in [0.1, 0.15) is 12.4 Å². The smallest absolute Gasteiger partial charge is 0.123 e. The summed E-state index contributed by atoms with van der Waals surface area (Å²) in [5.74, 6) is 2.39. The summed E-state index contributed by atoms with van der Waals surface area (Å²) >= 11 is 7.59. The van der Waals surface area contributed by atoms with Gasteiger partial charge in [-0.25, -0.2) is 0 Å². The van der Waals surface area contributed by atoms with E-state index >= 15 is 0 Å². The normalized spacial score (nSPS) is 21.7. The predicted octanol–water partition coefficient (Wildman–Crippen LogP) is 2.33. The van der Waals surface area contributed by atoms with Crippen molar-refractivity contribution in [2.24, 2.45) is 0 Å². The average Bonchev–Trinajstić information content (AvgIpc) is 2.13. The number of benzene rings is 1. The lowest BCUT2D eigenvalue weighted by atomic mass is 10.2. The van der Waals surface area contributed by atoms with Crippen LogP contribution in [0.3, 0.4) is 0 Å². The lowest BCUT2D eigenvalue weighted by molar-refractivity contribution is 0.125. The highest BCUT2D eigenvalue weighted by Gasteiger charge is 2.13. The molecule has 1 aromatic rings. The molecule has 2 nitrogen and oxygen atoms in total. The minimum absolute atomic E-state index is 0.363. The summed E-state index contributed by atoms with van der Waals surface area (Å²) in [5, 5.41) is 10.2. The van der Waals surface area contributed by atoms with Crippen LogP contribution >= 0.6 is 23.4 Å². The number of hydrogen-bond donors (Lipinski definition) is 1. The molecular formula is C10H11ClO2S. The molecule has 4 heteroatoms. The van der Waals surface area contributed by atoms with Crippen molar-refractivity contribution in [3.05, 3.63) is 28.8 Å². The third-order valence-electron chi connectivity index (χ3n) is 2.02. The molecule has 0 spiro atoms. The van der Waals surface area contributed by atoms with Crippen molar-refractivity contribution in [2.75, 3.05) is 12.4 Å². The van der Waals surface area contributed by atoms with Gasteiger partial charge in [0.05, 0.1) is 6.10 Å². The number of fused-ring (bicyclic) bond motifs is 1. The molecule has 0 unspecified atom stereocenters. The summed E-state index contributed by atoms with van der Waals surface area (Å²) in [4.78, 5) is 0. The Bertz CT molecular complexity index is 330. The van der Waals surface area contributed by atoms with Crippen molar-refractivity contribution < 1.29 is 9.84 Å². The Morgan fingerprint density at radius 1 is 1.50 bits per heavy atom. The second-order valence-corrected chi connectivity index (χ2v) is 4.70. The summed E-state index contributed by atoms with van der Waals surface area (Å²) < 4.78 is 5.47. The van der Waals surface area contributed by atoms with Crippen molar-refractivity contribution in [1.29, 1.82) is 0 Å². The molecule has 1 aliphatic rings. The maximum absolute atomic E-state index is 9.42. The Kier molecular flexibility index (Phi) is 3.21. The summed E-state index contributed by atoms with van der Waals surface area (Å²) in [6, 6.07) is 5.58. The maximum atomic E-state index is 9.42. The van der Waals surface area contributed by atoms with Crippen LogP contribution in [0.5, 0.6) is 5.75 Å². The molecule has 1 atom stereocenters. The molecule has 1 N–H and O–H groups in total. The predicted molar refractivity (Wildman–Crippen MR) is 59.1 cm³/mol. The van der Waals surface area contributed by atoms with Crippen molar-refractivity contribution in [1.82, 2.24) is 0 Å². The lowest BCUT2D eigenvalue weighted by Crippen LogP contribution is -2.22. The Hall–Kier alpha value is -0.380. The van der Waals surface area contributed by atoms with E-state index < -0.39 is 0 Å². The zero-order valence-electron chi connectivity index (χ0n) is 7.57. The third kappa shape index (κ3) is 2.35. The number of aliphatic hydroxyl groups excluding tert-OH is 1. The van der Waals surface area contributed by atoms with E-state index in [4.69, 9.17) is 16.3 Å². The van der Waals surface area contributed by atoms with Crippen LogP contribution in [0.2, 0.25) is 5.02 Å². The molecule has 0 aromatic heterocycles. The van der Waals surface area contributed by atoms with Gasteiger partial charge in [0.25, 0.3) is 0 Å². The molecule has 0 saturated heterocycles. The molecule has 1 aliphatic heterocycles. The third-order valence-corrected chi connectivity index (χ3v) is 3.39. The quantitative estimate of drug-likeness (QED) is 0.742. The number of ether oxygens (including phenoxy) is 1. The van der Waals surface area contributed by atoms with E-state index in [-0.39, 0.29) is 6.10 Å². The second-order valence-electron chi connectivity index (χ2n) is 3.23. The SMILES string of the molecule is O[C@@H]1COc2ccc(Cl)cc2CSC1. The van der Waals surface area contributed by atoms with Crippen LogP contribution in [0.4, 0.5) is 0 Å². The topological polar surface area (TPSA) is 29.5 Å². The van der Waals surface area contributed by atoms with Crippen LogP contribution in [-0.4, -0.2) is 23.6 Å². The molecule has 0 fully saturated rings. The van der Waals surface area contributed by atoms with E-state index in [2.05, 4.69) is 0 Å². The van der Waals surface area contributed by atoms with Gasteiger partial charge in [-0.3, -0.25) is 0 Å². The summed E-state index contributed by atoms with van der Waals surface area (Å²) in [6.07, 6.45) is -0.371. The van der Waals surface area contributed by atoms with E-state index in [0.29, 0.717) is 12.4 Å². The first-order chi connectivity index (χ1) is 6.75. The molecule has 14 heavy (non-hydrogen) atoms. The zero-order chi connectivity index (χ0) is 9.97. The molecule has 76 valence electrons. The van der Waals surface area contributed by atoms with Crippen LogP contribution in [-0.2, 0) is 5.75 Å². The van der Waals surface area contributed by atoms with Gasteiger partial charge >= 0.3 is 0 Å². The Morgan fingerprint density at radius 3 is 3.21 bits per heavy atom. The number of hydrogen-bond acceptors (Lipinski definition) is 3. The monoisotopic (exact) mass is 230 g/mol. The summed E-state index contributed by atoms with van der Waals surface area (Å²) in [7, 11) is 0. The number of halogens is 1. The zero-order valence-corrected chi connectivity index (χ0v) is 9.14. The molecule has 0 amide bonds. The highest BCUT2D eigenvalue weighted by molar-refractivity contribution is 7.98. The number of thioether (sulfide) groups is 1. The van der Waals surface area contributed by atoms with Crippen molar-refractivity contribution in [2.45, 2.75) is 11.9 Å². The Labute approximate surface area is 92.2 Å². The highest BCUT2D eigenvalue weighted by Crippen LogP contribution is 2.28. The fourth-order valence-electron chi connectivity index (χ4n) is 1.34. The Balaban J connectivity index is 2.24. The molecule has 0 bridgehead atoms. The molecule has 0 radical (unpaired) electrons. The Morgan fingerprint density at radius 2 is 2.36 bits per heavy atom. The largest absolute Gasteiger partial charge is 0.491 e. The van der Waals surface area contributed by atoms with E-state index in [0.717, 1.165) is 22.1 Å². The van der Waals surface area contributed by atoms with Gasteiger partial charge in [-0.05, 0) is 18.2 Å². The van der Waals surface area contributed by atoms with E-state index in [1.807, 2.05) is 12.1 Å². The molecular weight excluding hydrogens is 220 g/mol. The number of rotatable bonds is 0. The van der Waals surface area contributed by atoms with Gasteiger partial charge in [-0.1, -0.05) is 11.6 Å². The van der Waals surface area contributed by atoms with Crippen LogP contribution in [0.15, 0.2) is 18.2 Å². The van der Waals surface area contributed by atoms with Gasteiger partial charge in [-0.15, -0.1) is 0 Å². The van der Waals surface area contributed by atoms with Gasteiger partial charge < -0.3 is 9.84 Å². The van der Waals surface area contributed by atoms with Gasteiger partial charge in [0.2, 0.25) is 0 Å². The number of aliphatic hydroxyl groups is 1. The average molecular weight is 231 g/mol. The molecule has 0 aliphatic carbocycles. The van der Waals surface area contributed by atoms with E-state index in [1.54, 1.807) is 17.8 Å². The van der Waals surface area contributed by atoms with Crippen molar-refractivity contribution in [3.8, 4) is 5.75 Å². The molecule has 1 aromatic carbocycles. The fourth-order valence-corrected chi connectivity index (χ4v) is 2.47. The van der Waals surface area contributed by atoms with E-state index in [9.17, 15) is 5.11 Å². The molecule has 0 saturated carbocycles. The highest BCUT2D eigenvalue weighted by atomic mass is 35.5. The fraction of sp³-hybridized carbons (Fsp3) is 0.400. The first-order valence-electron chi connectivity index (χ1n) is 4.43. The van der Waals surface area contributed by atoms with Crippen LogP contribution in [0, 0.1) is 0 Å². The summed E-state index contributed by atoms with van der Waals surface area (Å²) in [6.45, 7) is 0.363. The first-order valence-corrected chi connectivity index (χ1v) is 5.96. The minimum atomic E-state index is -0.371. The second kappa shape index (κ2) is 4.43. The minimum Gasteiger partial charge on any atom is -0.491 e. The van der Waals surface area contributed by atoms with Crippen molar-refractivity contribution >= 4 is 23.4 Å². The van der Waals surface area contributed by atoms with E-state index in [1.165, 1.54) is 0 Å². The van der Waals surface area contributed by atoms with Gasteiger partial charge in [0.15, 0.2) is 0 Å². The molecule has 2 rings (SSSR count). The van der Waals surface area contributed by atoms with Gasteiger partial charge in [0, 0.05) is 22.1 Å². The molecule has 1 heterocycles. The van der Waals surface area contributed by atoms with Crippen molar-refractivity contribution in [3.63, 3.8) is 0 Å². The standard InChI is InChI=1S/C10H11ClO2S/c11-8-1-2-10-7(3-8)5-14-6-9(12)4-13-10/h1-3,9,12H,4-6H2/t9-/m1/s1. The maximum Gasteiger partial charge on any atom is 0.123 e. The lowest BCUT2D eigenvalue weighted by Gasteiger charge is -2.18. The summed E-state index contributed by atoms with van der Waals surface area (Å²) in [5.41, 5.74) is 1.11. The van der Waals surface area contributed by atoms with Crippen LogP contribution < -0.4 is 4.74 Å². The van der Waals surface area contributed by atoms with Crippen LogP contribution in [0.25, 0.3) is 0 Å². The first kappa shape index (κ1) is 10.1.